The van der Waals surface area contributed by atoms with Crippen molar-refractivity contribution in [2.75, 3.05) is 0 Å². The van der Waals surface area contributed by atoms with Crippen LogP contribution in [0.1, 0.15) is 10.4 Å². The van der Waals surface area contributed by atoms with Crippen LogP contribution in [0.25, 0.3) is 32.9 Å². The number of benzene rings is 3. The highest BCUT2D eigenvalue weighted by molar-refractivity contribution is 6.12. The lowest BCUT2D eigenvalue weighted by Gasteiger charge is -2.06. The van der Waals surface area contributed by atoms with Crippen LogP contribution in [0.2, 0.25) is 0 Å². The standard InChI is InChI=1S/C19H13NO/c21-12-13-6-1-2-7-14(13)16-9-5-10-17-15-8-3-4-11-18(15)20-19(16)17/h1-12,20H. The molecule has 3 aromatic carbocycles. The van der Waals surface area contributed by atoms with Gasteiger partial charge in [-0.1, -0.05) is 60.7 Å². The fraction of sp³-hybridized carbons (Fsp3) is 0. The zero-order valence-electron chi connectivity index (χ0n) is 11.3. The van der Waals surface area contributed by atoms with Crippen molar-refractivity contribution in [2.24, 2.45) is 0 Å². The molecule has 2 heteroatoms. The van der Waals surface area contributed by atoms with Gasteiger partial charge in [0.2, 0.25) is 0 Å². The first-order valence-corrected chi connectivity index (χ1v) is 6.92. The van der Waals surface area contributed by atoms with Gasteiger partial charge in [-0.15, -0.1) is 0 Å². The summed E-state index contributed by atoms with van der Waals surface area (Å²) in [7, 11) is 0. The molecule has 1 N–H and O–H groups in total. The van der Waals surface area contributed by atoms with Crippen molar-refractivity contribution < 1.29 is 4.79 Å². The maximum atomic E-state index is 11.3. The molecule has 0 fully saturated rings. The zero-order chi connectivity index (χ0) is 14.2. The molecule has 0 bridgehead atoms. The molecule has 0 saturated carbocycles. The molecule has 0 unspecified atom stereocenters. The third kappa shape index (κ3) is 1.77. The van der Waals surface area contributed by atoms with Crippen molar-refractivity contribution in [2.45, 2.75) is 0 Å². The fourth-order valence-corrected chi connectivity index (χ4v) is 2.94. The van der Waals surface area contributed by atoms with Crippen molar-refractivity contribution in [3.05, 3.63) is 72.3 Å². The number of fused-ring (bicyclic) bond motifs is 3. The van der Waals surface area contributed by atoms with E-state index in [-0.39, 0.29) is 0 Å². The summed E-state index contributed by atoms with van der Waals surface area (Å²) in [4.78, 5) is 14.8. The Bertz CT molecular complexity index is 966. The van der Waals surface area contributed by atoms with Gasteiger partial charge in [-0.3, -0.25) is 4.79 Å². The number of aromatic nitrogens is 1. The van der Waals surface area contributed by atoms with Crippen molar-refractivity contribution in [3.8, 4) is 11.1 Å². The second kappa shape index (κ2) is 4.60. The molecule has 100 valence electrons. The Morgan fingerprint density at radius 1 is 0.714 bits per heavy atom. The highest BCUT2D eigenvalue weighted by atomic mass is 16.1. The number of aromatic amines is 1. The summed E-state index contributed by atoms with van der Waals surface area (Å²) in [6, 6.07) is 22.2. The van der Waals surface area contributed by atoms with Crippen LogP contribution < -0.4 is 0 Å². The molecule has 1 heterocycles. The van der Waals surface area contributed by atoms with Crippen molar-refractivity contribution in [1.82, 2.24) is 4.98 Å². The topological polar surface area (TPSA) is 32.9 Å². The van der Waals surface area contributed by atoms with Crippen LogP contribution in [0, 0.1) is 0 Å². The summed E-state index contributed by atoms with van der Waals surface area (Å²) < 4.78 is 0. The maximum absolute atomic E-state index is 11.3. The molecule has 1 aromatic heterocycles. The van der Waals surface area contributed by atoms with Crippen LogP contribution in [-0.4, -0.2) is 11.3 Å². The van der Waals surface area contributed by atoms with E-state index in [4.69, 9.17) is 0 Å². The van der Waals surface area contributed by atoms with Gasteiger partial charge in [-0.2, -0.15) is 0 Å². The van der Waals surface area contributed by atoms with Gasteiger partial charge in [-0.05, 0) is 11.6 Å². The van der Waals surface area contributed by atoms with Crippen molar-refractivity contribution >= 4 is 28.1 Å². The van der Waals surface area contributed by atoms with E-state index >= 15 is 0 Å². The quantitative estimate of drug-likeness (QED) is 0.522. The van der Waals surface area contributed by atoms with Gasteiger partial charge in [-0.25, -0.2) is 0 Å². The van der Waals surface area contributed by atoms with Gasteiger partial charge in [0.1, 0.15) is 0 Å². The van der Waals surface area contributed by atoms with Crippen molar-refractivity contribution in [3.63, 3.8) is 0 Å². The largest absolute Gasteiger partial charge is 0.354 e. The number of hydrogen-bond donors (Lipinski definition) is 1. The molecule has 0 atom stereocenters. The lowest BCUT2D eigenvalue weighted by Crippen LogP contribution is -1.87. The highest BCUT2D eigenvalue weighted by Crippen LogP contribution is 2.34. The fourth-order valence-electron chi connectivity index (χ4n) is 2.94. The maximum Gasteiger partial charge on any atom is 0.150 e. The minimum Gasteiger partial charge on any atom is -0.354 e. The molecular formula is C19H13NO. The van der Waals surface area contributed by atoms with Gasteiger partial charge in [0.15, 0.2) is 6.29 Å². The van der Waals surface area contributed by atoms with Crippen LogP contribution in [0.4, 0.5) is 0 Å². The summed E-state index contributed by atoms with van der Waals surface area (Å²) in [5, 5.41) is 2.39. The van der Waals surface area contributed by atoms with E-state index in [1.807, 2.05) is 42.5 Å². The number of rotatable bonds is 2. The number of hydrogen-bond acceptors (Lipinski definition) is 1. The van der Waals surface area contributed by atoms with Gasteiger partial charge < -0.3 is 4.98 Å². The Hall–Kier alpha value is -2.87. The van der Waals surface area contributed by atoms with E-state index < -0.39 is 0 Å². The van der Waals surface area contributed by atoms with E-state index in [0.29, 0.717) is 5.56 Å². The summed E-state index contributed by atoms with van der Waals surface area (Å²) in [6.45, 7) is 0. The Kier molecular flexibility index (Phi) is 2.61. The second-order valence-corrected chi connectivity index (χ2v) is 5.10. The molecule has 0 radical (unpaired) electrons. The van der Waals surface area contributed by atoms with Gasteiger partial charge in [0, 0.05) is 27.4 Å². The molecule has 0 aliphatic carbocycles. The van der Waals surface area contributed by atoms with Crippen LogP contribution in [0.15, 0.2) is 66.7 Å². The first-order valence-electron chi connectivity index (χ1n) is 6.92. The Balaban J connectivity index is 2.12. The first-order chi connectivity index (χ1) is 10.4. The summed E-state index contributed by atoms with van der Waals surface area (Å²) in [6.07, 6.45) is 0.914. The van der Waals surface area contributed by atoms with E-state index in [9.17, 15) is 4.79 Å². The number of H-pyrrole nitrogens is 1. The predicted octanol–water partition coefficient (Wildman–Crippen LogP) is 4.80. The molecule has 2 nitrogen and oxygen atoms in total. The zero-order valence-corrected chi connectivity index (χ0v) is 11.3. The van der Waals surface area contributed by atoms with E-state index in [2.05, 4.69) is 29.2 Å². The average Bonchev–Trinajstić information content (AvgIpc) is 2.93. The van der Waals surface area contributed by atoms with Crippen LogP contribution in [0.3, 0.4) is 0 Å². The van der Waals surface area contributed by atoms with E-state index in [1.54, 1.807) is 0 Å². The Morgan fingerprint density at radius 2 is 1.43 bits per heavy atom. The third-order valence-corrected chi connectivity index (χ3v) is 3.92. The Morgan fingerprint density at radius 3 is 2.33 bits per heavy atom. The number of nitrogens with one attached hydrogen (secondary N) is 1. The summed E-state index contributed by atoms with van der Waals surface area (Å²) in [5.74, 6) is 0. The lowest BCUT2D eigenvalue weighted by molar-refractivity contribution is 0.112. The minimum absolute atomic E-state index is 0.712. The molecule has 4 aromatic rings. The van der Waals surface area contributed by atoms with Crippen LogP contribution in [0.5, 0.6) is 0 Å². The molecular weight excluding hydrogens is 258 g/mol. The molecule has 0 aliphatic rings. The third-order valence-electron chi connectivity index (χ3n) is 3.92. The number of aldehydes is 1. The number of carbonyl (C=O) groups is 1. The van der Waals surface area contributed by atoms with Gasteiger partial charge >= 0.3 is 0 Å². The van der Waals surface area contributed by atoms with Gasteiger partial charge in [0.25, 0.3) is 0 Å². The predicted molar refractivity (Wildman–Crippen MR) is 86.6 cm³/mol. The lowest BCUT2D eigenvalue weighted by atomic mass is 9.98. The number of para-hydroxylation sites is 2. The Labute approximate surface area is 122 Å². The molecule has 21 heavy (non-hydrogen) atoms. The monoisotopic (exact) mass is 271 g/mol. The summed E-state index contributed by atoms with van der Waals surface area (Å²) in [5.41, 5.74) is 4.93. The minimum atomic E-state index is 0.712. The van der Waals surface area contributed by atoms with Crippen LogP contribution in [-0.2, 0) is 0 Å². The van der Waals surface area contributed by atoms with Crippen LogP contribution >= 0.6 is 0 Å². The molecule has 0 amide bonds. The molecule has 0 spiro atoms. The normalized spacial score (nSPS) is 11.0. The highest BCUT2D eigenvalue weighted by Gasteiger charge is 2.11. The number of carbonyl (C=O) groups excluding carboxylic acids is 1. The smallest absolute Gasteiger partial charge is 0.150 e. The molecule has 0 aliphatic heterocycles. The molecule has 0 saturated heterocycles. The molecule has 4 rings (SSSR count). The van der Waals surface area contributed by atoms with E-state index in [1.165, 1.54) is 10.8 Å². The second-order valence-electron chi connectivity index (χ2n) is 5.10. The van der Waals surface area contributed by atoms with Gasteiger partial charge in [0.05, 0.1) is 5.52 Å². The average molecular weight is 271 g/mol. The van der Waals surface area contributed by atoms with E-state index in [0.717, 1.165) is 28.4 Å². The first kappa shape index (κ1) is 11.9. The summed E-state index contributed by atoms with van der Waals surface area (Å²) >= 11 is 0. The van der Waals surface area contributed by atoms with Crippen molar-refractivity contribution in [1.29, 1.82) is 0 Å². The SMILES string of the molecule is O=Cc1ccccc1-c1cccc2c1[nH]c1ccccc12.